The van der Waals surface area contributed by atoms with Gasteiger partial charge in [0.1, 0.15) is 0 Å². The number of phenols is 1. The van der Waals surface area contributed by atoms with Crippen molar-refractivity contribution in [3.05, 3.63) is 41.5 Å². The molecule has 0 unspecified atom stereocenters. The minimum Gasteiger partial charge on any atom is -0.505 e. The van der Waals surface area contributed by atoms with Crippen LogP contribution in [0.25, 0.3) is 0 Å². The van der Waals surface area contributed by atoms with Crippen molar-refractivity contribution in [2.24, 2.45) is 0 Å². The predicted octanol–water partition coefficient (Wildman–Crippen LogP) is 2.58. The molecule has 2 rings (SSSR count). The SMILES string of the molecule is C=C(C)C[C@@H](c1ccc(F)c(F)c1O)N1CCNCC1. The van der Waals surface area contributed by atoms with E-state index in [1.807, 2.05) is 6.92 Å². The van der Waals surface area contributed by atoms with Crippen molar-refractivity contribution in [3.63, 3.8) is 0 Å². The zero-order chi connectivity index (χ0) is 14.7. The Hall–Kier alpha value is -1.46. The maximum absolute atomic E-state index is 13.6. The summed E-state index contributed by atoms with van der Waals surface area (Å²) in [6.07, 6.45) is 0.610. The number of phenolic OH excluding ortho intramolecular Hbond substituents is 1. The normalized spacial score (nSPS) is 17.9. The second-order valence-electron chi connectivity index (χ2n) is 5.26. The Labute approximate surface area is 117 Å². The minimum atomic E-state index is -1.18. The van der Waals surface area contributed by atoms with E-state index in [2.05, 4.69) is 16.8 Å². The van der Waals surface area contributed by atoms with E-state index in [0.717, 1.165) is 37.8 Å². The fraction of sp³-hybridized carbons (Fsp3) is 0.467. The van der Waals surface area contributed by atoms with E-state index in [9.17, 15) is 13.9 Å². The van der Waals surface area contributed by atoms with Crippen LogP contribution in [0, 0.1) is 11.6 Å². The fourth-order valence-electron chi connectivity index (χ4n) is 2.58. The molecule has 0 bridgehead atoms. The lowest BCUT2D eigenvalue weighted by molar-refractivity contribution is 0.169. The van der Waals surface area contributed by atoms with Gasteiger partial charge in [-0.1, -0.05) is 11.6 Å². The summed E-state index contributed by atoms with van der Waals surface area (Å²) in [5.74, 6) is -2.79. The molecule has 1 heterocycles. The van der Waals surface area contributed by atoms with Gasteiger partial charge in [-0.05, 0) is 19.4 Å². The van der Waals surface area contributed by atoms with E-state index in [1.165, 1.54) is 6.07 Å². The predicted molar refractivity (Wildman–Crippen MR) is 74.6 cm³/mol. The van der Waals surface area contributed by atoms with Crippen LogP contribution in [0.1, 0.15) is 24.9 Å². The van der Waals surface area contributed by atoms with Gasteiger partial charge in [0.15, 0.2) is 11.6 Å². The van der Waals surface area contributed by atoms with E-state index >= 15 is 0 Å². The van der Waals surface area contributed by atoms with Crippen LogP contribution in [-0.2, 0) is 0 Å². The average molecular weight is 282 g/mol. The van der Waals surface area contributed by atoms with E-state index < -0.39 is 17.4 Å². The third-order valence-electron chi connectivity index (χ3n) is 3.59. The van der Waals surface area contributed by atoms with Crippen LogP contribution in [-0.4, -0.2) is 36.2 Å². The van der Waals surface area contributed by atoms with Gasteiger partial charge in [-0.25, -0.2) is 4.39 Å². The Morgan fingerprint density at radius 2 is 2.05 bits per heavy atom. The highest BCUT2D eigenvalue weighted by Crippen LogP contribution is 2.35. The van der Waals surface area contributed by atoms with Gasteiger partial charge in [-0.15, -0.1) is 6.58 Å². The molecule has 1 aliphatic rings. The van der Waals surface area contributed by atoms with Crippen molar-refractivity contribution in [1.82, 2.24) is 10.2 Å². The quantitative estimate of drug-likeness (QED) is 0.833. The summed E-state index contributed by atoms with van der Waals surface area (Å²) in [6.45, 7) is 9.08. The number of halogens is 2. The van der Waals surface area contributed by atoms with Crippen molar-refractivity contribution in [3.8, 4) is 5.75 Å². The Balaban J connectivity index is 2.35. The Kier molecular flexibility index (Phi) is 4.73. The van der Waals surface area contributed by atoms with Gasteiger partial charge in [-0.2, -0.15) is 4.39 Å². The summed E-state index contributed by atoms with van der Waals surface area (Å²) < 4.78 is 26.7. The average Bonchev–Trinajstić information content (AvgIpc) is 2.44. The summed E-state index contributed by atoms with van der Waals surface area (Å²) in [5, 5.41) is 13.2. The van der Waals surface area contributed by atoms with Crippen molar-refractivity contribution in [2.75, 3.05) is 26.2 Å². The van der Waals surface area contributed by atoms with Gasteiger partial charge >= 0.3 is 0 Å². The van der Waals surface area contributed by atoms with Crippen LogP contribution in [0.5, 0.6) is 5.75 Å². The summed E-state index contributed by atoms with van der Waals surface area (Å²) in [7, 11) is 0. The van der Waals surface area contributed by atoms with Gasteiger partial charge in [-0.3, -0.25) is 4.90 Å². The molecular formula is C15H20F2N2O. The number of aromatic hydroxyl groups is 1. The van der Waals surface area contributed by atoms with Crippen molar-refractivity contribution in [1.29, 1.82) is 0 Å². The molecule has 1 saturated heterocycles. The second kappa shape index (κ2) is 6.33. The fourth-order valence-corrected chi connectivity index (χ4v) is 2.58. The monoisotopic (exact) mass is 282 g/mol. The molecule has 5 heteroatoms. The van der Waals surface area contributed by atoms with Gasteiger partial charge in [0.05, 0.1) is 0 Å². The Morgan fingerprint density at radius 3 is 2.65 bits per heavy atom. The molecule has 0 amide bonds. The topological polar surface area (TPSA) is 35.5 Å². The smallest absolute Gasteiger partial charge is 0.200 e. The summed E-state index contributed by atoms with van der Waals surface area (Å²) >= 11 is 0. The van der Waals surface area contributed by atoms with Crippen molar-refractivity contribution in [2.45, 2.75) is 19.4 Å². The molecule has 1 aliphatic heterocycles. The highest BCUT2D eigenvalue weighted by Gasteiger charge is 2.26. The number of hydrogen-bond donors (Lipinski definition) is 2. The molecule has 1 aromatic rings. The Morgan fingerprint density at radius 1 is 1.40 bits per heavy atom. The van der Waals surface area contributed by atoms with Gasteiger partial charge in [0, 0.05) is 37.8 Å². The molecule has 20 heavy (non-hydrogen) atoms. The van der Waals surface area contributed by atoms with Crippen LogP contribution in [0.3, 0.4) is 0 Å². The molecule has 1 aromatic carbocycles. The molecule has 0 aliphatic carbocycles. The highest BCUT2D eigenvalue weighted by atomic mass is 19.2. The Bertz CT molecular complexity index is 499. The molecule has 0 spiro atoms. The zero-order valence-electron chi connectivity index (χ0n) is 11.6. The standard InChI is InChI=1S/C15H20F2N2O/c1-10(2)9-13(19-7-5-18-6-8-19)11-3-4-12(16)14(17)15(11)20/h3-4,13,18,20H,1,5-9H2,2H3/t13-/m0/s1. The minimum absolute atomic E-state index is 0.176. The van der Waals surface area contributed by atoms with Crippen LogP contribution < -0.4 is 5.32 Å². The molecule has 0 radical (unpaired) electrons. The summed E-state index contributed by atoms with van der Waals surface area (Å²) in [4.78, 5) is 2.16. The maximum Gasteiger partial charge on any atom is 0.200 e. The number of nitrogens with zero attached hydrogens (tertiary/aromatic N) is 1. The van der Waals surface area contributed by atoms with E-state index in [0.29, 0.717) is 12.0 Å². The molecule has 3 nitrogen and oxygen atoms in total. The molecule has 110 valence electrons. The number of nitrogens with one attached hydrogen (secondary N) is 1. The second-order valence-corrected chi connectivity index (χ2v) is 5.26. The van der Waals surface area contributed by atoms with Crippen molar-refractivity contribution >= 4 is 0 Å². The first-order valence-electron chi connectivity index (χ1n) is 6.76. The molecule has 1 fully saturated rings. The third-order valence-corrected chi connectivity index (χ3v) is 3.59. The third kappa shape index (κ3) is 3.16. The maximum atomic E-state index is 13.6. The number of hydrogen-bond acceptors (Lipinski definition) is 3. The zero-order valence-corrected chi connectivity index (χ0v) is 11.6. The van der Waals surface area contributed by atoms with Crippen LogP contribution in [0.4, 0.5) is 8.78 Å². The summed E-state index contributed by atoms with van der Waals surface area (Å²) in [5.41, 5.74) is 1.37. The lowest BCUT2D eigenvalue weighted by atomic mass is 9.96. The van der Waals surface area contributed by atoms with E-state index in [4.69, 9.17) is 0 Å². The van der Waals surface area contributed by atoms with Crippen LogP contribution >= 0.6 is 0 Å². The first-order chi connectivity index (χ1) is 9.50. The molecular weight excluding hydrogens is 262 g/mol. The van der Waals surface area contributed by atoms with E-state index in [-0.39, 0.29) is 6.04 Å². The first kappa shape index (κ1) is 14.9. The van der Waals surface area contributed by atoms with Crippen molar-refractivity contribution < 1.29 is 13.9 Å². The lowest BCUT2D eigenvalue weighted by Crippen LogP contribution is -2.45. The van der Waals surface area contributed by atoms with E-state index in [1.54, 1.807) is 0 Å². The number of rotatable bonds is 4. The lowest BCUT2D eigenvalue weighted by Gasteiger charge is -2.35. The number of piperazine rings is 1. The van der Waals surface area contributed by atoms with Crippen LogP contribution in [0.15, 0.2) is 24.3 Å². The van der Waals surface area contributed by atoms with Crippen LogP contribution in [0.2, 0.25) is 0 Å². The molecule has 0 aromatic heterocycles. The summed E-state index contributed by atoms with van der Waals surface area (Å²) in [6, 6.07) is 2.35. The number of benzene rings is 1. The van der Waals surface area contributed by atoms with Gasteiger partial charge in [0.25, 0.3) is 0 Å². The molecule has 0 saturated carbocycles. The molecule has 1 atom stereocenters. The molecule has 2 N–H and O–H groups in total. The van der Waals surface area contributed by atoms with Gasteiger partial charge < -0.3 is 10.4 Å². The first-order valence-corrected chi connectivity index (χ1v) is 6.76. The van der Waals surface area contributed by atoms with Gasteiger partial charge in [0.2, 0.25) is 5.82 Å². The largest absolute Gasteiger partial charge is 0.505 e. The highest BCUT2D eigenvalue weighted by molar-refractivity contribution is 5.37.